The van der Waals surface area contributed by atoms with Gasteiger partial charge in [-0.1, -0.05) is 0 Å². The lowest BCUT2D eigenvalue weighted by Gasteiger charge is -2.21. The highest BCUT2D eigenvalue weighted by atomic mass is 16.2. The summed E-state index contributed by atoms with van der Waals surface area (Å²) in [4.78, 5) is 15.8. The zero-order valence-electron chi connectivity index (χ0n) is 9.91. The van der Waals surface area contributed by atoms with E-state index in [9.17, 15) is 4.79 Å². The van der Waals surface area contributed by atoms with E-state index in [1.807, 2.05) is 18.9 Å². The van der Waals surface area contributed by atoms with E-state index in [4.69, 9.17) is 5.73 Å². The van der Waals surface area contributed by atoms with Gasteiger partial charge in [0, 0.05) is 19.1 Å². The molecule has 0 aromatic rings. The summed E-state index contributed by atoms with van der Waals surface area (Å²) in [6.07, 6.45) is 3.27. The molecule has 15 heavy (non-hydrogen) atoms. The molecule has 2 N–H and O–H groups in total. The van der Waals surface area contributed by atoms with Gasteiger partial charge in [0.25, 0.3) is 0 Å². The van der Waals surface area contributed by atoms with Crippen LogP contribution in [0.1, 0.15) is 26.2 Å². The van der Waals surface area contributed by atoms with Crippen LogP contribution in [0.5, 0.6) is 0 Å². The number of likely N-dealkylation sites (tertiary alicyclic amines) is 1. The van der Waals surface area contributed by atoms with Crippen molar-refractivity contribution in [3.63, 3.8) is 0 Å². The van der Waals surface area contributed by atoms with E-state index < -0.39 is 0 Å². The molecule has 0 spiro atoms. The maximum atomic E-state index is 11.8. The van der Waals surface area contributed by atoms with Crippen LogP contribution in [-0.4, -0.2) is 55.0 Å². The highest BCUT2D eigenvalue weighted by Crippen LogP contribution is 2.07. The third kappa shape index (κ3) is 4.62. The fourth-order valence-electron chi connectivity index (χ4n) is 1.80. The summed E-state index contributed by atoms with van der Waals surface area (Å²) < 4.78 is 0. The molecule has 1 fully saturated rings. The van der Waals surface area contributed by atoms with E-state index in [0.29, 0.717) is 6.54 Å². The number of likely N-dealkylation sites (N-methyl/N-ethyl adjacent to an activating group) is 1. The van der Waals surface area contributed by atoms with E-state index in [-0.39, 0.29) is 11.9 Å². The second-order valence-electron chi connectivity index (χ2n) is 4.59. The minimum atomic E-state index is 0.217. The molecular weight excluding hydrogens is 190 g/mol. The number of hydrogen-bond acceptors (Lipinski definition) is 3. The van der Waals surface area contributed by atoms with Gasteiger partial charge >= 0.3 is 0 Å². The topological polar surface area (TPSA) is 49.6 Å². The predicted octanol–water partition coefficient (Wildman–Crippen LogP) is 0.278. The third-order valence-corrected chi connectivity index (χ3v) is 2.83. The second kappa shape index (κ2) is 6.08. The Kier molecular flexibility index (Phi) is 5.05. The third-order valence-electron chi connectivity index (χ3n) is 2.83. The largest absolute Gasteiger partial charge is 0.342 e. The van der Waals surface area contributed by atoms with Gasteiger partial charge in [-0.15, -0.1) is 0 Å². The first kappa shape index (κ1) is 12.5. The van der Waals surface area contributed by atoms with Crippen LogP contribution >= 0.6 is 0 Å². The van der Waals surface area contributed by atoms with Crippen molar-refractivity contribution in [3.05, 3.63) is 0 Å². The summed E-state index contributed by atoms with van der Waals surface area (Å²) in [5.41, 5.74) is 5.67. The molecule has 0 saturated carbocycles. The van der Waals surface area contributed by atoms with Crippen molar-refractivity contribution in [3.8, 4) is 0 Å². The van der Waals surface area contributed by atoms with Gasteiger partial charge in [-0.2, -0.15) is 0 Å². The molecule has 0 bridgehead atoms. The van der Waals surface area contributed by atoms with Crippen LogP contribution < -0.4 is 5.73 Å². The Balaban J connectivity index is 2.18. The summed E-state index contributed by atoms with van der Waals surface area (Å²) >= 11 is 0. The number of nitrogens with zero attached hydrogens (tertiary/aromatic N) is 2. The average Bonchev–Trinajstić information content (AvgIpc) is 2.67. The summed E-state index contributed by atoms with van der Waals surface area (Å²) in [7, 11) is 1.98. The summed E-state index contributed by atoms with van der Waals surface area (Å²) in [5, 5.41) is 0. The lowest BCUT2D eigenvalue weighted by atomic mass is 10.2. The van der Waals surface area contributed by atoms with Gasteiger partial charge in [-0.25, -0.2) is 0 Å². The minimum absolute atomic E-state index is 0.217. The van der Waals surface area contributed by atoms with Gasteiger partial charge in [-0.3, -0.25) is 9.69 Å². The minimum Gasteiger partial charge on any atom is -0.342 e. The van der Waals surface area contributed by atoms with Crippen LogP contribution in [-0.2, 0) is 4.79 Å². The van der Waals surface area contributed by atoms with Gasteiger partial charge in [0.05, 0.1) is 6.54 Å². The van der Waals surface area contributed by atoms with Gasteiger partial charge < -0.3 is 10.6 Å². The van der Waals surface area contributed by atoms with Crippen molar-refractivity contribution >= 4 is 5.91 Å². The molecule has 0 aromatic carbocycles. The van der Waals surface area contributed by atoms with Gasteiger partial charge in [0.15, 0.2) is 0 Å². The van der Waals surface area contributed by atoms with Crippen LogP contribution in [0.25, 0.3) is 0 Å². The van der Waals surface area contributed by atoms with Gasteiger partial charge in [0.1, 0.15) is 0 Å². The number of amides is 1. The smallest absolute Gasteiger partial charge is 0.236 e. The summed E-state index contributed by atoms with van der Waals surface area (Å²) in [5.74, 6) is 0.264. The molecule has 1 aliphatic rings. The maximum absolute atomic E-state index is 11.8. The van der Waals surface area contributed by atoms with Crippen molar-refractivity contribution in [1.29, 1.82) is 0 Å². The van der Waals surface area contributed by atoms with E-state index in [0.717, 1.165) is 38.9 Å². The molecule has 1 rings (SSSR count). The summed E-state index contributed by atoms with van der Waals surface area (Å²) in [6.45, 7) is 5.32. The van der Waals surface area contributed by atoms with E-state index >= 15 is 0 Å². The highest BCUT2D eigenvalue weighted by molar-refractivity contribution is 5.78. The van der Waals surface area contributed by atoms with Crippen molar-refractivity contribution in [2.24, 2.45) is 5.73 Å². The lowest BCUT2D eigenvalue weighted by Crippen LogP contribution is -2.38. The molecule has 88 valence electrons. The molecule has 0 aliphatic carbocycles. The first-order valence-electron chi connectivity index (χ1n) is 5.81. The molecule has 4 nitrogen and oxygen atoms in total. The number of carbonyl (C=O) groups excluding carboxylic acids is 1. The molecule has 1 heterocycles. The normalized spacial score (nSPS) is 18.5. The summed E-state index contributed by atoms with van der Waals surface area (Å²) in [6, 6.07) is 0.217. The van der Waals surface area contributed by atoms with E-state index in [1.54, 1.807) is 0 Å². The van der Waals surface area contributed by atoms with E-state index in [1.165, 1.54) is 0 Å². The molecule has 1 unspecified atom stereocenters. The average molecular weight is 213 g/mol. The molecule has 1 amide bonds. The highest BCUT2D eigenvalue weighted by Gasteiger charge is 2.18. The molecule has 4 heteroatoms. The van der Waals surface area contributed by atoms with Crippen molar-refractivity contribution in [2.75, 3.05) is 33.2 Å². The van der Waals surface area contributed by atoms with Crippen LogP contribution in [0.3, 0.4) is 0 Å². The van der Waals surface area contributed by atoms with Gasteiger partial charge in [0.2, 0.25) is 5.91 Å². The first-order valence-corrected chi connectivity index (χ1v) is 5.81. The fraction of sp³-hybridized carbons (Fsp3) is 0.909. The molecule has 1 atom stereocenters. The molecule has 1 aliphatic heterocycles. The molecule has 0 radical (unpaired) electrons. The number of hydrogen-bond donors (Lipinski definition) is 1. The zero-order valence-corrected chi connectivity index (χ0v) is 9.91. The maximum Gasteiger partial charge on any atom is 0.236 e. The molecule has 0 aromatic heterocycles. The van der Waals surface area contributed by atoms with Crippen molar-refractivity contribution < 1.29 is 4.79 Å². The predicted molar refractivity (Wildman–Crippen MR) is 61.6 cm³/mol. The Morgan fingerprint density at radius 2 is 2.07 bits per heavy atom. The van der Waals surface area contributed by atoms with Crippen LogP contribution in [0.2, 0.25) is 0 Å². The quantitative estimate of drug-likeness (QED) is 0.713. The Morgan fingerprint density at radius 3 is 2.60 bits per heavy atom. The van der Waals surface area contributed by atoms with Crippen molar-refractivity contribution in [1.82, 2.24) is 9.80 Å². The number of nitrogens with two attached hydrogens (primary N) is 1. The Labute approximate surface area is 92.4 Å². The van der Waals surface area contributed by atoms with Gasteiger partial charge in [-0.05, 0) is 39.8 Å². The first-order chi connectivity index (χ1) is 7.09. The SMILES string of the molecule is CC(N)CCN(C)CC(=O)N1CCCC1. The Bertz CT molecular complexity index is 200. The number of rotatable bonds is 5. The van der Waals surface area contributed by atoms with Crippen molar-refractivity contribution in [2.45, 2.75) is 32.2 Å². The second-order valence-corrected chi connectivity index (χ2v) is 4.59. The standard InChI is InChI=1S/C11H23N3O/c1-10(12)5-8-13(2)9-11(15)14-6-3-4-7-14/h10H,3-9,12H2,1-2H3. The Hall–Kier alpha value is -0.610. The fourth-order valence-corrected chi connectivity index (χ4v) is 1.80. The van der Waals surface area contributed by atoms with E-state index in [2.05, 4.69) is 4.90 Å². The number of carbonyl (C=O) groups is 1. The monoisotopic (exact) mass is 213 g/mol. The van der Waals surface area contributed by atoms with Crippen LogP contribution in [0, 0.1) is 0 Å². The molecule has 1 saturated heterocycles. The van der Waals surface area contributed by atoms with Crippen LogP contribution in [0.15, 0.2) is 0 Å². The van der Waals surface area contributed by atoms with Crippen LogP contribution in [0.4, 0.5) is 0 Å². The lowest BCUT2D eigenvalue weighted by molar-refractivity contribution is -0.131. The Morgan fingerprint density at radius 1 is 1.47 bits per heavy atom. The molecular formula is C11H23N3O. The zero-order chi connectivity index (χ0) is 11.3.